The number of methoxy groups -OCH3 is 1. The van der Waals surface area contributed by atoms with E-state index in [1.807, 2.05) is 6.92 Å². The van der Waals surface area contributed by atoms with E-state index >= 15 is 0 Å². The van der Waals surface area contributed by atoms with Crippen LogP contribution in [0.2, 0.25) is 0 Å². The number of carbonyl (C=O) groups is 1. The van der Waals surface area contributed by atoms with E-state index in [1.54, 1.807) is 7.11 Å². The van der Waals surface area contributed by atoms with Crippen LogP contribution in [-0.2, 0) is 9.53 Å². The van der Waals surface area contributed by atoms with Crippen molar-refractivity contribution in [1.29, 1.82) is 0 Å². The fourth-order valence-corrected chi connectivity index (χ4v) is 1.80. The van der Waals surface area contributed by atoms with Gasteiger partial charge in [0.1, 0.15) is 0 Å². The zero-order chi connectivity index (χ0) is 12.0. The highest BCUT2D eigenvalue weighted by Crippen LogP contribution is 2.32. The normalized spacial score (nSPS) is 19.2. The zero-order valence-corrected chi connectivity index (χ0v) is 10.6. The van der Waals surface area contributed by atoms with Gasteiger partial charge in [-0.15, -0.1) is 0 Å². The van der Waals surface area contributed by atoms with Crippen molar-refractivity contribution in [2.45, 2.75) is 45.2 Å². The molecule has 0 spiro atoms. The Labute approximate surface area is 98.1 Å². The van der Waals surface area contributed by atoms with E-state index in [9.17, 15) is 4.79 Å². The molecule has 1 amide bonds. The lowest BCUT2D eigenvalue weighted by Gasteiger charge is -2.22. The zero-order valence-electron chi connectivity index (χ0n) is 10.6. The number of carbonyl (C=O) groups excluding carboxylic acids is 1. The molecule has 2 atom stereocenters. The van der Waals surface area contributed by atoms with Gasteiger partial charge in [0, 0.05) is 19.7 Å². The van der Waals surface area contributed by atoms with Crippen LogP contribution in [0.25, 0.3) is 0 Å². The minimum atomic E-state index is -0.132. The quantitative estimate of drug-likeness (QED) is 0.649. The predicted molar refractivity (Wildman–Crippen MR) is 64.3 cm³/mol. The number of amides is 1. The van der Waals surface area contributed by atoms with Crippen LogP contribution in [0.4, 0.5) is 0 Å². The summed E-state index contributed by atoms with van der Waals surface area (Å²) < 4.78 is 5.17. The third-order valence-electron chi connectivity index (χ3n) is 2.94. The van der Waals surface area contributed by atoms with Crippen molar-refractivity contribution in [3.05, 3.63) is 0 Å². The van der Waals surface area contributed by atoms with Crippen molar-refractivity contribution in [2.24, 2.45) is 5.92 Å². The highest BCUT2D eigenvalue weighted by atomic mass is 16.5. The number of nitrogens with one attached hydrogen (secondary N) is 2. The molecule has 0 radical (unpaired) electrons. The molecule has 0 saturated heterocycles. The molecule has 0 aromatic rings. The maximum absolute atomic E-state index is 11.7. The van der Waals surface area contributed by atoms with Crippen LogP contribution >= 0.6 is 0 Å². The Balaban J connectivity index is 2.29. The molecular weight excluding hydrogens is 204 g/mol. The van der Waals surface area contributed by atoms with Crippen molar-refractivity contribution in [1.82, 2.24) is 10.6 Å². The molecular formula is C12H24N2O2. The van der Waals surface area contributed by atoms with Crippen LogP contribution in [0.5, 0.6) is 0 Å². The molecule has 0 heterocycles. The molecule has 1 saturated carbocycles. The molecule has 2 unspecified atom stereocenters. The van der Waals surface area contributed by atoms with Gasteiger partial charge >= 0.3 is 0 Å². The van der Waals surface area contributed by atoms with Crippen LogP contribution in [0.3, 0.4) is 0 Å². The SMILES string of the molecule is CCCNC(=O)C(C)NC(COC)C1CC1. The molecule has 94 valence electrons. The highest BCUT2D eigenvalue weighted by Gasteiger charge is 2.32. The minimum absolute atomic E-state index is 0.0867. The summed E-state index contributed by atoms with van der Waals surface area (Å²) >= 11 is 0. The second-order valence-corrected chi connectivity index (χ2v) is 4.58. The summed E-state index contributed by atoms with van der Waals surface area (Å²) in [6.07, 6.45) is 3.48. The molecule has 0 bridgehead atoms. The number of hydrogen-bond acceptors (Lipinski definition) is 3. The molecule has 0 aromatic carbocycles. The average Bonchev–Trinajstić information content (AvgIpc) is 3.08. The van der Waals surface area contributed by atoms with Gasteiger partial charge in [-0.3, -0.25) is 4.79 Å². The summed E-state index contributed by atoms with van der Waals surface area (Å²) in [6, 6.07) is 0.194. The summed E-state index contributed by atoms with van der Waals surface area (Å²) in [7, 11) is 1.71. The lowest BCUT2D eigenvalue weighted by Crippen LogP contribution is -2.49. The first-order valence-corrected chi connectivity index (χ1v) is 6.21. The third-order valence-corrected chi connectivity index (χ3v) is 2.94. The lowest BCUT2D eigenvalue weighted by molar-refractivity contribution is -0.123. The second kappa shape index (κ2) is 6.86. The van der Waals surface area contributed by atoms with Gasteiger partial charge in [-0.05, 0) is 32.1 Å². The van der Waals surface area contributed by atoms with Gasteiger partial charge < -0.3 is 15.4 Å². The first kappa shape index (κ1) is 13.5. The first-order valence-electron chi connectivity index (χ1n) is 6.21. The summed E-state index contributed by atoms with van der Waals surface area (Å²) in [5, 5.41) is 6.25. The Hall–Kier alpha value is -0.610. The number of hydrogen-bond donors (Lipinski definition) is 2. The average molecular weight is 228 g/mol. The van der Waals surface area contributed by atoms with Gasteiger partial charge in [-0.25, -0.2) is 0 Å². The minimum Gasteiger partial charge on any atom is -0.383 e. The molecule has 1 aliphatic carbocycles. The van der Waals surface area contributed by atoms with Crippen molar-refractivity contribution < 1.29 is 9.53 Å². The van der Waals surface area contributed by atoms with Gasteiger partial charge in [0.05, 0.1) is 12.6 Å². The summed E-state index contributed by atoms with van der Waals surface area (Å²) in [5.41, 5.74) is 0. The smallest absolute Gasteiger partial charge is 0.236 e. The third kappa shape index (κ3) is 4.49. The van der Waals surface area contributed by atoms with Crippen molar-refractivity contribution in [2.75, 3.05) is 20.3 Å². The predicted octanol–water partition coefficient (Wildman–Crippen LogP) is 0.916. The fourth-order valence-electron chi connectivity index (χ4n) is 1.80. The number of ether oxygens (including phenoxy) is 1. The van der Waals surface area contributed by atoms with Crippen LogP contribution in [0, 0.1) is 5.92 Å². The Morgan fingerprint density at radius 1 is 1.50 bits per heavy atom. The van der Waals surface area contributed by atoms with E-state index in [2.05, 4.69) is 17.6 Å². The Bertz CT molecular complexity index is 217. The molecule has 1 fully saturated rings. The van der Waals surface area contributed by atoms with Crippen molar-refractivity contribution in [3.63, 3.8) is 0 Å². The molecule has 4 heteroatoms. The topological polar surface area (TPSA) is 50.4 Å². The van der Waals surface area contributed by atoms with Gasteiger partial charge in [-0.2, -0.15) is 0 Å². The monoisotopic (exact) mass is 228 g/mol. The van der Waals surface area contributed by atoms with Gasteiger partial charge in [-0.1, -0.05) is 6.92 Å². The standard InChI is InChI=1S/C12H24N2O2/c1-4-7-13-12(15)9(2)14-11(8-16-3)10-5-6-10/h9-11,14H,4-8H2,1-3H3,(H,13,15). The Morgan fingerprint density at radius 2 is 2.19 bits per heavy atom. The molecule has 1 rings (SSSR count). The Morgan fingerprint density at radius 3 is 2.69 bits per heavy atom. The molecule has 0 aliphatic heterocycles. The molecule has 16 heavy (non-hydrogen) atoms. The van der Waals surface area contributed by atoms with Crippen molar-refractivity contribution in [3.8, 4) is 0 Å². The van der Waals surface area contributed by atoms with E-state index in [1.165, 1.54) is 12.8 Å². The maximum atomic E-state index is 11.7. The molecule has 2 N–H and O–H groups in total. The van der Waals surface area contributed by atoms with E-state index in [-0.39, 0.29) is 11.9 Å². The van der Waals surface area contributed by atoms with Gasteiger partial charge in [0.2, 0.25) is 5.91 Å². The second-order valence-electron chi connectivity index (χ2n) is 4.58. The lowest BCUT2D eigenvalue weighted by atomic mass is 10.1. The van der Waals surface area contributed by atoms with E-state index < -0.39 is 0 Å². The van der Waals surface area contributed by atoms with E-state index in [0.29, 0.717) is 18.6 Å². The first-order chi connectivity index (χ1) is 7.69. The molecule has 1 aliphatic rings. The van der Waals surface area contributed by atoms with Crippen LogP contribution in [-0.4, -0.2) is 38.3 Å². The fraction of sp³-hybridized carbons (Fsp3) is 0.917. The van der Waals surface area contributed by atoms with Crippen molar-refractivity contribution >= 4 is 5.91 Å². The van der Waals surface area contributed by atoms with Gasteiger partial charge in [0.25, 0.3) is 0 Å². The largest absolute Gasteiger partial charge is 0.383 e. The maximum Gasteiger partial charge on any atom is 0.236 e. The summed E-state index contributed by atoms with van der Waals surface area (Å²) in [5.74, 6) is 0.782. The Kier molecular flexibility index (Phi) is 5.77. The van der Waals surface area contributed by atoms with Crippen LogP contribution in [0.1, 0.15) is 33.1 Å². The number of rotatable bonds is 8. The van der Waals surface area contributed by atoms with Crippen LogP contribution in [0.15, 0.2) is 0 Å². The van der Waals surface area contributed by atoms with E-state index in [0.717, 1.165) is 13.0 Å². The van der Waals surface area contributed by atoms with E-state index in [4.69, 9.17) is 4.74 Å². The highest BCUT2D eigenvalue weighted by molar-refractivity contribution is 5.81. The molecule has 0 aromatic heterocycles. The summed E-state index contributed by atoms with van der Waals surface area (Å²) in [6.45, 7) is 5.41. The van der Waals surface area contributed by atoms with Crippen LogP contribution < -0.4 is 10.6 Å². The molecule has 4 nitrogen and oxygen atoms in total. The summed E-state index contributed by atoms with van der Waals surface area (Å²) in [4.78, 5) is 11.7. The van der Waals surface area contributed by atoms with Gasteiger partial charge in [0.15, 0.2) is 0 Å².